The molecule has 2 fully saturated rings. The highest BCUT2D eigenvalue weighted by Crippen LogP contribution is 2.39. The first-order valence-corrected chi connectivity index (χ1v) is 8.51. The summed E-state index contributed by atoms with van der Waals surface area (Å²) in [6, 6.07) is 7.98. The van der Waals surface area contributed by atoms with Gasteiger partial charge in [-0.25, -0.2) is 4.68 Å². The van der Waals surface area contributed by atoms with Gasteiger partial charge in [-0.2, -0.15) is 0 Å². The van der Waals surface area contributed by atoms with E-state index in [1.807, 2.05) is 33.8 Å². The van der Waals surface area contributed by atoms with E-state index in [0.717, 1.165) is 35.8 Å². The zero-order valence-electron chi connectivity index (χ0n) is 12.9. The molecular weight excluding hydrogens is 312 g/mol. The van der Waals surface area contributed by atoms with Gasteiger partial charge >= 0.3 is 0 Å². The van der Waals surface area contributed by atoms with Gasteiger partial charge in [-0.05, 0) is 37.0 Å². The summed E-state index contributed by atoms with van der Waals surface area (Å²) in [7, 11) is 0. The third-order valence-corrected chi connectivity index (χ3v) is 4.86. The van der Waals surface area contributed by atoms with Crippen LogP contribution in [-0.4, -0.2) is 38.9 Å². The van der Waals surface area contributed by atoms with Gasteiger partial charge in [0, 0.05) is 36.6 Å². The summed E-state index contributed by atoms with van der Waals surface area (Å²) in [6.07, 6.45) is 5.78. The maximum absolute atomic E-state index is 12.2. The molecule has 2 aromatic rings. The summed E-state index contributed by atoms with van der Waals surface area (Å²) in [5, 5.41) is 9.16. The van der Waals surface area contributed by atoms with Crippen molar-refractivity contribution in [2.75, 3.05) is 13.1 Å². The van der Waals surface area contributed by atoms with Crippen LogP contribution in [0.4, 0.5) is 0 Å². The van der Waals surface area contributed by atoms with Gasteiger partial charge in [0.25, 0.3) is 0 Å². The predicted molar refractivity (Wildman–Crippen MR) is 87.4 cm³/mol. The monoisotopic (exact) mass is 330 g/mol. The second kappa shape index (κ2) is 5.96. The van der Waals surface area contributed by atoms with Gasteiger partial charge in [0.05, 0.1) is 11.7 Å². The van der Waals surface area contributed by atoms with E-state index in [1.54, 1.807) is 0 Å². The topological polar surface area (TPSA) is 51.0 Å². The Morgan fingerprint density at radius 1 is 1.30 bits per heavy atom. The standard InChI is InChI=1S/C17H19ClN4O/c18-14-3-1-2-12(8-14)4-7-17(23)21-9-15(10-21)22-11-16(19-20-22)13-5-6-13/h1-3,8,11,13,15H,4-7,9-10H2. The van der Waals surface area contributed by atoms with Crippen LogP contribution in [0.5, 0.6) is 0 Å². The Hall–Kier alpha value is -1.88. The number of amides is 1. The van der Waals surface area contributed by atoms with Gasteiger partial charge in [0.2, 0.25) is 5.91 Å². The van der Waals surface area contributed by atoms with E-state index >= 15 is 0 Å². The Morgan fingerprint density at radius 2 is 2.13 bits per heavy atom. The lowest BCUT2D eigenvalue weighted by atomic mass is 10.1. The lowest BCUT2D eigenvalue weighted by Gasteiger charge is -2.39. The van der Waals surface area contributed by atoms with Crippen molar-refractivity contribution in [3.63, 3.8) is 0 Å². The molecule has 1 aromatic carbocycles. The fourth-order valence-corrected chi connectivity index (χ4v) is 3.18. The molecule has 1 aliphatic heterocycles. The maximum atomic E-state index is 12.2. The van der Waals surface area contributed by atoms with E-state index in [4.69, 9.17) is 11.6 Å². The van der Waals surface area contributed by atoms with Crippen LogP contribution in [-0.2, 0) is 11.2 Å². The Morgan fingerprint density at radius 3 is 2.87 bits per heavy atom. The van der Waals surface area contributed by atoms with E-state index in [-0.39, 0.29) is 11.9 Å². The van der Waals surface area contributed by atoms with Gasteiger partial charge in [0.15, 0.2) is 0 Å². The van der Waals surface area contributed by atoms with Crippen molar-refractivity contribution in [3.8, 4) is 0 Å². The third-order valence-electron chi connectivity index (χ3n) is 4.63. The molecule has 6 heteroatoms. The second-order valence-electron chi connectivity index (χ2n) is 6.48. The Balaban J connectivity index is 1.26. The van der Waals surface area contributed by atoms with Crippen molar-refractivity contribution in [1.29, 1.82) is 0 Å². The molecule has 1 saturated heterocycles. The molecular formula is C17H19ClN4O. The summed E-state index contributed by atoms with van der Waals surface area (Å²) in [5.41, 5.74) is 2.21. The summed E-state index contributed by atoms with van der Waals surface area (Å²) < 4.78 is 1.93. The number of hydrogen-bond acceptors (Lipinski definition) is 3. The minimum absolute atomic E-state index is 0.198. The molecule has 0 radical (unpaired) electrons. The van der Waals surface area contributed by atoms with E-state index in [2.05, 4.69) is 16.5 Å². The highest BCUT2D eigenvalue weighted by Gasteiger charge is 2.34. The first kappa shape index (κ1) is 14.7. The van der Waals surface area contributed by atoms with Crippen molar-refractivity contribution < 1.29 is 4.79 Å². The molecule has 0 spiro atoms. The molecule has 0 atom stereocenters. The van der Waals surface area contributed by atoms with Crippen molar-refractivity contribution in [3.05, 3.63) is 46.7 Å². The van der Waals surface area contributed by atoms with Crippen LogP contribution in [0.3, 0.4) is 0 Å². The van der Waals surface area contributed by atoms with Gasteiger partial charge in [-0.1, -0.05) is 28.9 Å². The minimum atomic E-state index is 0.198. The van der Waals surface area contributed by atoms with Crippen LogP contribution >= 0.6 is 11.6 Å². The summed E-state index contributed by atoms with van der Waals surface area (Å²) in [4.78, 5) is 14.1. The SMILES string of the molecule is O=C(CCc1cccc(Cl)c1)N1CC(n2cc(C3CC3)nn2)C1. The molecule has 4 rings (SSSR count). The molecule has 1 aliphatic carbocycles. The van der Waals surface area contributed by atoms with E-state index < -0.39 is 0 Å². The quantitative estimate of drug-likeness (QED) is 0.847. The molecule has 2 heterocycles. The van der Waals surface area contributed by atoms with Crippen LogP contribution in [0.2, 0.25) is 5.02 Å². The van der Waals surface area contributed by atoms with Crippen molar-refractivity contribution in [2.24, 2.45) is 0 Å². The number of hydrogen-bond donors (Lipinski definition) is 0. The number of carbonyl (C=O) groups is 1. The smallest absolute Gasteiger partial charge is 0.223 e. The number of carbonyl (C=O) groups excluding carboxylic acids is 1. The van der Waals surface area contributed by atoms with Gasteiger partial charge < -0.3 is 4.90 Å². The van der Waals surface area contributed by atoms with Gasteiger partial charge in [0.1, 0.15) is 0 Å². The molecule has 0 unspecified atom stereocenters. The Kier molecular flexibility index (Phi) is 3.81. The average Bonchev–Trinajstić information content (AvgIpc) is 3.23. The van der Waals surface area contributed by atoms with Crippen LogP contribution in [0.1, 0.15) is 42.5 Å². The second-order valence-corrected chi connectivity index (χ2v) is 6.92. The largest absolute Gasteiger partial charge is 0.338 e. The molecule has 0 N–H and O–H groups in total. The fraction of sp³-hybridized carbons (Fsp3) is 0.471. The van der Waals surface area contributed by atoms with E-state index in [0.29, 0.717) is 12.3 Å². The molecule has 23 heavy (non-hydrogen) atoms. The molecule has 1 amide bonds. The van der Waals surface area contributed by atoms with Crippen molar-refractivity contribution in [1.82, 2.24) is 19.9 Å². The number of nitrogens with zero attached hydrogens (tertiary/aromatic N) is 4. The molecule has 2 aliphatic rings. The predicted octanol–water partition coefficient (Wildman–Crippen LogP) is 2.83. The number of aromatic nitrogens is 3. The minimum Gasteiger partial charge on any atom is -0.338 e. The molecule has 0 bridgehead atoms. The van der Waals surface area contributed by atoms with Crippen molar-refractivity contribution >= 4 is 17.5 Å². The maximum Gasteiger partial charge on any atom is 0.223 e. The lowest BCUT2D eigenvalue weighted by Crippen LogP contribution is -2.51. The molecule has 5 nitrogen and oxygen atoms in total. The lowest BCUT2D eigenvalue weighted by molar-refractivity contribution is -0.137. The number of rotatable bonds is 5. The first-order chi connectivity index (χ1) is 11.2. The van der Waals surface area contributed by atoms with Crippen molar-refractivity contribution in [2.45, 2.75) is 37.6 Å². The molecule has 1 aromatic heterocycles. The zero-order valence-corrected chi connectivity index (χ0v) is 13.6. The highest BCUT2D eigenvalue weighted by molar-refractivity contribution is 6.30. The first-order valence-electron chi connectivity index (χ1n) is 8.13. The average molecular weight is 331 g/mol. The summed E-state index contributed by atoms with van der Waals surface area (Å²) in [5.74, 6) is 0.822. The third kappa shape index (κ3) is 3.24. The van der Waals surface area contributed by atoms with Gasteiger partial charge in [-0.3, -0.25) is 4.79 Å². The Bertz CT molecular complexity index is 719. The van der Waals surface area contributed by atoms with E-state index in [9.17, 15) is 4.79 Å². The van der Waals surface area contributed by atoms with Gasteiger partial charge in [-0.15, -0.1) is 5.10 Å². The van der Waals surface area contributed by atoms with E-state index in [1.165, 1.54) is 12.8 Å². The zero-order chi connectivity index (χ0) is 15.8. The number of halogens is 1. The summed E-state index contributed by atoms with van der Waals surface area (Å²) in [6.45, 7) is 1.48. The summed E-state index contributed by atoms with van der Waals surface area (Å²) >= 11 is 5.97. The number of likely N-dealkylation sites (tertiary alicyclic amines) is 1. The van der Waals surface area contributed by atoms with Crippen LogP contribution in [0.15, 0.2) is 30.5 Å². The molecule has 120 valence electrons. The number of aryl methyl sites for hydroxylation is 1. The molecule has 1 saturated carbocycles. The van der Waals surface area contributed by atoms with Crippen LogP contribution < -0.4 is 0 Å². The Labute approximate surface area is 140 Å². The fourth-order valence-electron chi connectivity index (χ4n) is 2.96. The normalized spacial score (nSPS) is 18.0. The van der Waals surface area contributed by atoms with Crippen LogP contribution in [0, 0.1) is 0 Å². The highest BCUT2D eigenvalue weighted by atomic mass is 35.5. The number of benzene rings is 1. The van der Waals surface area contributed by atoms with Crippen LogP contribution in [0.25, 0.3) is 0 Å².